The van der Waals surface area contributed by atoms with Crippen molar-refractivity contribution in [2.45, 2.75) is 32.1 Å². The van der Waals surface area contributed by atoms with Gasteiger partial charge in [0, 0.05) is 5.41 Å². The first-order valence-corrected chi connectivity index (χ1v) is 15.0. The Morgan fingerprint density at radius 1 is 0.718 bits per heavy atom. The predicted octanol–water partition coefficient (Wildman–Crippen LogP) is 8.24. The molecule has 2 N–H and O–H groups in total. The van der Waals surface area contributed by atoms with Crippen LogP contribution in [0.5, 0.6) is 0 Å². The van der Waals surface area contributed by atoms with Crippen molar-refractivity contribution in [2.24, 2.45) is 0 Å². The second-order valence-electron chi connectivity index (χ2n) is 11.2. The molecule has 0 bridgehead atoms. The molecule has 0 fully saturated rings. The molecule has 4 heteroatoms. The first-order valence-electron chi connectivity index (χ1n) is 13.4. The Balaban J connectivity index is 1.64. The van der Waals surface area contributed by atoms with Gasteiger partial charge in [0.15, 0.2) is 0 Å². The van der Waals surface area contributed by atoms with Crippen LogP contribution in [0.15, 0.2) is 97.1 Å². The highest BCUT2D eigenvalue weighted by Crippen LogP contribution is 2.53. The summed E-state index contributed by atoms with van der Waals surface area (Å²) >= 11 is 0. The smallest absolute Gasteiger partial charge is 0.321 e. The maximum Gasteiger partial charge on any atom is 0.356 e. The van der Waals surface area contributed by atoms with Gasteiger partial charge in [-0.05, 0) is 104 Å². The zero-order valence-corrected chi connectivity index (χ0v) is 22.9. The van der Waals surface area contributed by atoms with Crippen LogP contribution in [-0.4, -0.2) is 9.79 Å². The standard InChI is InChI=1S/C35H29O3P/c1-35(2)31-19-24(39(36,37)38)17-18-25(31)28-20-29-30(21-32(28)35)34(23-13-7-4-8-14-23)27-16-10-9-15-26(27)33(29)22-11-5-3-6-12-22/h3-9,11-15,17-21H,10,16H2,1-2H3,(H2,36,37,38). The van der Waals surface area contributed by atoms with E-state index in [-0.39, 0.29) is 5.30 Å². The highest BCUT2D eigenvalue weighted by atomic mass is 31.2. The van der Waals surface area contributed by atoms with Crippen molar-refractivity contribution < 1.29 is 14.4 Å². The van der Waals surface area contributed by atoms with Gasteiger partial charge in [-0.3, -0.25) is 4.57 Å². The van der Waals surface area contributed by atoms with Crippen LogP contribution < -0.4 is 5.30 Å². The Morgan fingerprint density at radius 3 is 2.00 bits per heavy atom. The summed E-state index contributed by atoms with van der Waals surface area (Å²) in [4.78, 5) is 19.8. The van der Waals surface area contributed by atoms with Gasteiger partial charge in [-0.15, -0.1) is 0 Å². The molecule has 0 aromatic heterocycles. The van der Waals surface area contributed by atoms with Gasteiger partial charge < -0.3 is 9.79 Å². The Kier molecular flexibility index (Phi) is 5.38. The largest absolute Gasteiger partial charge is 0.356 e. The van der Waals surface area contributed by atoms with Crippen molar-refractivity contribution in [3.63, 3.8) is 0 Å². The third kappa shape index (κ3) is 3.69. The molecule has 192 valence electrons. The molecular formula is C35H29O3P. The fourth-order valence-corrected chi connectivity index (χ4v) is 7.25. The number of allylic oxidation sites excluding steroid dienone is 1. The summed E-state index contributed by atoms with van der Waals surface area (Å²) in [5, 5.41) is 2.50. The monoisotopic (exact) mass is 528 g/mol. The first-order chi connectivity index (χ1) is 18.7. The molecule has 0 unspecified atom stereocenters. The van der Waals surface area contributed by atoms with Gasteiger partial charge in [0.25, 0.3) is 0 Å². The van der Waals surface area contributed by atoms with Crippen LogP contribution in [0.1, 0.15) is 42.5 Å². The van der Waals surface area contributed by atoms with Crippen molar-refractivity contribution in [3.05, 3.63) is 119 Å². The highest BCUT2D eigenvalue weighted by Gasteiger charge is 2.38. The normalized spacial score (nSPS) is 15.2. The van der Waals surface area contributed by atoms with Gasteiger partial charge in [-0.1, -0.05) is 92.7 Å². The van der Waals surface area contributed by atoms with Crippen LogP contribution in [0, 0.1) is 0 Å². The number of benzene rings is 5. The Labute approximate surface area is 228 Å². The second kappa shape index (κ2) is 8.63. The van der Waals surface area contributed by atoms with Gasteiger partial charge >= 0.3 is 7.60 Å². The molecule has 0 amide bonds. The van der Waals surface area contributed by atoms with Gasteiger partial charge in [0.05, 0.1) is 5.30 Å². The fraction of sp³-hybridized carbons (Fsp3) is 0.143. The highest BCUT2D eigenvalue weighted by molar-refractivity contribution is 7.60. The molecule has 0 radical (unpaired) electrons. The second-order valence-corrected chi connectivity index (χ2v) is 12.8. The lowest BCUT2D eigenvalue weighted by molar-refractivity contribution is 0.387. The molecule has 2 aliphatic rings. The van der Waals surface area contributed by atoms with E-state index in [4.69, 9.17) is 0 Å². The maximum atomic E-state index is 12.1. The molecule has 5 aromatic rings. The SMILES string of the molecule is CC1(C)c2cc(P(=O)(O)O)ccc2-c2cc3c(-c4ccccc4)c4c(c(-c5ccccc5)c3cc21)CCC=C4. The van der Waals surface area contributed by atoms with Crippen LogP contribution in [0.2, 0.25) is 0 Å². The van der Waals surface area contributed by atoms with E-state index in [1.807, 2.05) is 6.07 Å². The van der Waals surface area contributed by atoms with Crippen LogP contribution in [0.25, 0.3) is 50.2 Å². The number of fused-ring (bicyclic) bond motifs is 5. The van der Waals surface area contributed by atoms with E-state index in [1.165, 1.54) is 49.7 Å². The van der Waals surface area contributed by atoms with E-state index in [0.29, 0.717) is 0 Å². The molecule has 0 saturated carbocycles. The minimum absolute atomic E-state index is 0.0715. The molecule has 0 spiro atoms. The third-order valence-corrected chi connectivity index (χ3v) is 9.49. The van der Waals surface area contributed by atoms with Gasteiger partial charge in [-0.2, -0.15) is 0 Å². The Morgan fingerprint density at radius 2 is 1.33 bits per heavy atom. The Hall–Kier alpha value is -3.75. The average Bonchev–Trinajstić information content (AvgIpc) is 3.16. The van der Waals surface area contributed by atoms with E-state index in [9.17, 15) is 14.4 Å². The molecule has 5 aromatic carbocycles. The summed E-state index contributed by atoms with van der Waals surface area (Å²) in [5.74, 6) is 0. The van der Waals surface area contributed by atoms with Crippen molar-refractivity contribution in [1.82, 2.24) is 0 Å². The summed E-state index contributed by atoms with van der Waals surface area (Å²) < 4.78 is 12.1. The molecule has 0 atom stereocenters. The average molecular weight is 529 g/mol. The fourth-order valence-electron chi connectivity index (χ4n) is 6.68. The number of rotatable bonds is 3. The molecular weight excluding hydrogens is 499 g/mol. The molecule has 0 heterocycles. The molecule has 0 saturated heterocycles. The molecule has 2 aliphatic carbocycles. The van der Waals surface area contributed by atoms with Crippen molar-refractivity contribution >= 4 is 29.7 Å². The van der Waals surface area contributed by atoms with E-state index in [0.717, 1.165) is 29.5 Å². The van der Waals surface area contributed by atoms with Gasteiger partial charge in [0.1, 0.15) is 0 Å². The summed E-state index contributed by atoms with van der Waals surface area (Å²) in [6, 6.07) is 31.2. The summed E-state index contributed by atoms with van der Waals surface area (Å²) in [6.07, 6.45) is 6.58. The number of hydrogen-bond donors (Lipinski definition) is 2. The molecule has 39 heavy (non-hydrogen) atoms. The lowest BCUT2D eigenvalue weighted by Crippen LogP contribution is -2.17. The van der Waals surface area contributed by atoms with Crippen molar-refractivity contribution in [2.75, 3.05) is 0 Å². The third-order valence-electron chi connectivity index (χ3n) is 8.54. The molecule has 3 nitrogen and oxygen atoms in total. The number of hydrogen-bond acceptors (Lipinski definition) is 1. The summed E-state index contributed by atoms with van der Waals surface area (Å²) in [5.41, 5.74) is 11.5. The summed E-state index contributed by atoms with van der Waals surface area (Å²) in [6.45, 7) is 4.32. The van der Waals surface area contributed by atoms with Crippen molar-refractivity contribution in [3.8, 4) is 33.4 Å². The minimum atomic E-state index is -4.36. The van der Waals surface area contributed by atoms with Crippen LogP contribution in [0.3, 0.4) is 0 Å². The maximum absolute atomic E-state index is 12.1. The van der Waals surface area contributed by atoms with E-state index >= 15 is 0 Å². The van der Waals surface area contributed by atoms with E-state index < -0.39 is 13.0 Å². The van der Waals surface area contributed by atoms with E-state index in [2.05, 4.69) is 98.8 Å². The zero-order valence-electron chi connectivity index (χ0n) is 22.0. The zero-order chi connectivity index (χ0) is 26.9. The van der Waals surface area contributed by atoms with Crippen LogP contribution >= 0.6 is 7.60 Å². The lowest BCUT2D eigenvalue weighted by Gasteiger charge is -2.26. The summed E-state index contributed by atoms with van der Waals surface area (Å²) in [7, 11) is -4.36. The molecule has 0 aliphatic heterocycles. The lowest BCUT2D eigenvalue weighted by atomic mass is 9.77. The first kappa shape index (κ1) is 24.3. The Bertz CT molecular complexity index is 1860. The van der Waals surface area contributed by atoms with E-state index in [1.54, 1.807) is 12.1 Å². The molecule has 7 rings (SSSR count). The van der Waals surface area contributed by atoms with Crippen LogP contribution in [0.4, 0.5) is 0 Å². The quantitative estimate of drug-likeness (QED) is 0.232. The minimum Gasteiger partial charge on any atom is -0.321 e. The topological polar surface area (TPSA) is 57.5 Å². The van der Waals surface area contributed by atoms with Gasteiger partial charge in [0.2, 0.25) is 0 Å². The predicted molar refractivity (Wildman–Crippen MR) is 161 cm³/mol. The van der Waals surface area contributed by atoms with Gasteiger partial charge in [-0.25, -0.2) is 0 Å². The van der Waals surface area contributed by atoms with Crippen LogP contribution in [-0.2, 0) is 16.4 Å². The van der Waals surface area contributed by atoms with Crippen molar-refractivity contribution in [1.29, 1.82) is 0 Å².